The van der Waals surface area contributed by atoms with E-state index in [1.807, 2.05) is 6.08 Å². The molecule has 3 saturated carbocycles. The molecule has 1 heterocycles. The summed E-state index contributed by atoms with van der Waals surface area (Å²) >= 11 is 0. The van der Waals surface area contributed by atoms with Crippen LogP contribution in [-0.4, -0.2) is 17.9 Å². The first-order valence-corrected chi connectivity index (χ1v) is 11.6. The normalized spacial score (nSPS) is 45.4. The standard InChI is InChI=1S/C25H34O4/c1-5-6-21-28-22-20(27)13-15-7-8-16-18-10-9-17(14(2)26)24(18,3)12-11-19(16)25(15,4)23(22)29-21/h13,16-19,21H,5-12H2,1-4H3/t16-,17-,18-,19-,21?,24+,25-/m0/s1. The van der Waals surface area contributed by atoms with Crippen LogP contribution in [0.4, 0.5) is 0 Å². The molecule has 4 aliphatic carbocycles. The number of allylic oxidation sites excluding steroid dienone is 2. The minimum absolute atomic E-state index is 0.0114. The summed E-state index contributed by atoms with van der Waals surface area (Å²) in [6.07, 6.45) is 9.81. The van der Waals surface area contributed by atoms with Crippen molar-refractivity contribution in [2.75, 3.05) is 0 Å². The molecule has 0 aromatic carbocycles. The number of rotatable bonds is 3. The Balaban J connectivity index is 1.51. The Morgan fingerprint density at radius 2 is 1.93 bits per heavy atom. The van der Waals surface area contributed by atoms with Crippen LogP contribution >= 0.6 is 0 Å². The average Bonchev–Trinajstić information content (AvgIpc) is 3.25. The van der Waals surface area contributed by atoms with Crippen molar-refractivity contribution in [2.24, 2.45) is 34.5 Å². The van der Waals surface area contributed by atoms with Crippen LogP contribution in [0.5, 0.6) is 0 Å². The number of carbonyl (C=O) groups is 2. The zero-order valence-corrected chi connectivity index (χ0v) is 18.3. The topological polar surface area (TPSA) is 52.6 Å². The van der Waals surface area contributed by atoms with Crippen molar-refractivity contribution < 1.29 is 19.1 Å². The summed E-state index contributed by atoms with van der Waals surface area (Å²) in [5, 5.41) is 0. The van der Waals surface area contributed by atoms with Gasteiger partial charge in [0.2, 0.25) is 17.8 Å². The van der Waals surface area contributed by atoms with E-state index in [0.717, 1.165) is 57.1 Å². The van der Waals surface area contributed by atoms with Crippen LogP contribution in [0.3, 0.4) is 0 Å². The molecule has 29 heavy (non-hydrogen) atoms. The van der Waals surface area contributed by atoms with E-state index < -0.39 is 0 Å². The van der Waals surface area contributed by atoms with Crippen molar-refractivity contribution in [3.63, 3.8) is 0 Å². The Labute approximate surface area is 174 Å². The molecule has 0 radical (unpaired) electrons. The summed E-state index contributed by atoms with van der Waals surface area (Å²) in [7, 11) is 0. The number of Topliss-reactive ketones (excluding diaryl/α,β-unsaturated/α-hetero) is 1. The van der Waals surface area contributed by atoms with Crippen LogP contribution < -0.4 is 0 Å². The van der Waals surface area contributed by atoms with Gasteiger partial charge in [0.15, 0.2) is 5.76 Å². The van der Waals surface area contributed by atoms with Gasteiger partial charge in [0.1, 0.15) is 5.78 Å². The Hall–Kier alpha value is -1.58. The average molecular weight is 399 g/mol. The van der Waals surface area contributed by atoms with Crippen LogP contribution in [0.25, 0.3) is 0 Å². The molecule has 5 aliphatic rings. The predicted octanol–water partition coefficient (Wildman–Crippen LogP) is 5.33. The van der Waals surface area contributed by atoms with Gasteiger partial charge in [-0.25, -0.2) is 0 Å². The maximum absolute atomic E-state index is 12.8. The number of fused-ring (bicyclic) bond motifs is 6. The predicted molar refractivity (Wildman–Crippen MR) is 110 cm³/mol. The van der Waals surface area contributed by atoms with Crippen molar-refractivity contribution in [1.29, 1.82) is 0 Å². The second-order valence-electron chi connectivity index (χ2n) is 10.5. The third-order valence-corrected chi connectivity index (χ3v) is 9.31. The summed E-state index contributed by atoms with van der Waals surface area (Å²) in [6, 6.07) is 0. The fraction of sp³-hybridized carbons (Fsp3) is 0.760. The first kappa shape index (κ1) is 19.4. The van der Waals surface area contributed by atoms with Gasteiger partial charge < -0.3 is 9.47 Å². The molecule has 5 rings (SSSR count). The maximum Gasteiger partial charge on any atom is 0.241 e. The number of carbonyl (C=O) groups excluding carboxylic acids is 2. The molecule has 7 atom stereocenters. The van der Waals surface area contributed by atoms with Crippen LogP contribution in [-0.2, 0) is 19.1 Å². The van der Waals surface area contributed by atoms with Crippen molar-refractivity contribution in [1.82, 2.24) is 0 Å². The van der Waals surface area contributed by atoms with Gasteiger partial charge in [-0.05, 0) is 88.0 Å². The van der Waals surface area contributed by atoms with Gasteiger partial charge in [0.05, 0.1) is 5.41 Å². The van der Waals surface area contributed by atoms with Crippen LogP contribution in [0, 0.1) is 34.5 Å². The highest BCUT2D eigenvalue weighted by atomic mass is 16.7. The molecule has 0 N–H and O–H groups in total. The van der Waals surface area contributed by atoms with Gasteiger partial charge in [-0.3, -0.25) is 9.59 Å². The Kier molecular flexibility index (Phi) is 4.32. The summed E-state index contributed by atoms with van der Waals surface area (Å²) < 4.78 is 12.3. The van der Waals surface area contributed by atoms with Gasteiger partial charge >= 0.3 is 0 Å². The third kappa shape index (κ3) is 2.50. The molecule has 0 aromatic heterocycles. The highest BCUT2D eigenvalue weighted by molar-refractivity contribution is 6.05. The Bertz CT molecular complexity index is 823. The largest absolute Gasteiger partial charge is 0.454 e. The zero-order valence-electron chi connectivity index (χ0n) is 18.3. The van der Waals surface area contributed by atoms with E-state index in [4.69, 9.17) is 9.47 Å². The van der Waals surface area contributed by atoms with Gasteiger partial charge in [0.25, 0.3) is 0 Å². The molecule has 0 saturated heterocycles. The number of ketones is 2. The lowest BCUT2D eigenvalue weighted by atomic mass is 9.47. The monoisotopic (exact) mass is 398 g/mol. The van der Waals surface area contributed by atoms with E-state index in [-0.39, 0.29) is 28.8 Å². The summed E-state index contributed by atoms with van der Waals surface area (Å²) in [4.78, 5) is 25.1. The number of hydrogen-bond acceptors (Lipinski definition) is 4. The molecular formula is C25H34O4. The number of ether oxygens (including phenoxy) is 2. The fourth-order valence-corrected chi connectivity index (χ4v) is 7.93. The van der Waals surface area contributed by atoms with E-state index in [1.165, 1.54) is 5.57 Å². The van der Waals surface area contributed by atoms with E-state index in [2.05, 4.69) is 20.8 Å². The molecule has 4 nitrogen and oxygen atoms in total. The molecule has 4 heteroatoms. The molecule has 0 aromatic rings. The lowest BCUT2D eigenvalue weighted by Crippen LogP contribution is -2.51. The lowest BCUT2D eigenvalue weighted by Gasteiger charge is -2.57. The zero-order chi connectivity index (χ0) is 20.6. The second-order valence-corrected chi connectivity index (χ2v) is 10.5. The maximum atomic E-state index is 12.8. The van der Waals surface area contributed by atoms with Crippen molar-refractivity contribution in [3.05, 3.63) is 23.2 Å². The quantitative estimate of drug-likeness (QED) is 0.645. The molecule has 3 fully saturated rings. The van der Waals surface area contributed by atoms with Crippen LogP contribution in [0.1, 0.15) is 79.1 Å². The highest BCUT2D eigenvalue weighted by Crippen LogP contribution is 2.68. The van der Waals surface area contributed by atoms with Crippen LogP contribution in [0.2, 0.25) is 0 Å². The molecule has 158 valence electrons. The van der Waals surface area contributed by atoms with Gasteiger partial charge in [-0.15, -0.1) is 0 Å². The van der Waals surface area contributed by atoms with E-state index in [0.29, 0.717) is 29.3 Å². The minimum Gasteiger partial charge on any atom is -0.454 e. The van der Waals surface area contributed by atoms with Crippen molar-refractivity contribution in [3.8, 4) is 0 Å². The van der Waals surface area contributed by atoms with Gasteiger partial charge in [0, 0.05) is 12.3 Å². The lowest BCUT2D eigenvalue weighted by molar-refractivity contribution is -0.128. The SMILES string of the molecule is CCCC1OC2=C(O1)[C@@]1(C)C(=CC2=O)CC[C@@H]2[C@@H]1CC[C@]1(C)[C@H](C(C)=O)CC[C@@H]21. The third-order valence-electron chi connectivity index (χ3n) is 9.31. The van der Waals surface area contributed by atoms with Gasteiger partial charge in [-0.1, -0.05) is 19.4 Å². The second kappa shape index (κ2) is 6.46. The van der Waals surface area contributed by atoms with Crippen molar-refractivity contribution >= 4 is 11.6 Å². The van der Waals surface area contributed by atoms with E-state index >= 15 is 0 Å². The highest BCUT2D eigenvalue weighted by Gasteiger charge is 2.62. The minimum atomic E-state index is -0.318. The van der Waals surface area contributed by atoms with E-state index in [1.54, 1.807) is 6.92 Å². The summed E-state index contributed by atoms with van der Waals surface area (Å²) in [5.41, 5.74) is 1.15. The fourth-order valence-electron chi connectivity index (χ4n) is 7.93. The van der Waals surface area contributed by atoms with Crippen LogP contribution in [0.15, 0.2) is 23.2 Å². The molecule has 0 amide bonds. The first-order valence-electron chi connectivity index (χ1n) is 11.6. The molecule has 1 unspecified atom stereocenters. The number of hydrogen-bond donors (Lipinski definition) is 0. The summed E-state index contributed by atoms with van der Waals surface area (Å²) in [6.45, 7) is 8.58. The summed E-state index contributed by atoms with van der Waals surface area (Å²) in [5.74, 6) is 3.53. The molecule has 0 spiro atoms. The molecule has 0 bridgehead atoms. The first-order chi connectivity index (χ1) is 13.8. The van der Waals surface area contributed by atoms with Gasteiger partial charge in [-0.2, -0.15) is 0 Å². The van der Waals surface area contributed by atoms with E-state index in [9.17, 15) is 9.59 Å². The Morgan fingerprint density at radius 3 is 2.66 bits per heavy atom. The van der Waals surface area contributed by atoms with Crippen molar-refractivity contribution in [2.45, 2.75) is 85.4 Å². The smallest absolute Gasteiger partial charge is 0.241 e. The Morgan fingerprint density at radius 1 is 1.14 bits per heavy atom. The molecular weight excluding hydrogens is 364 g/mol. The molecule has 1 aliphatic heterocycles.